The molecule has 0 fully saturated rings. The van der Waals surface area contributed by atoms with Crippen LogP contribution >= 0.6 is 15.9 Å². The molecule has 0 N–H and O–H groups in total. The minimum absolute atomic E-state index is 0.240. The molecule has 0 aliphatic carbocycles. The minimum atomic E-state index is -0.240. The van der Waals surface area contributed by atoms with Gasteiger partial charge in [0.15, 0.2) is 5.75 Å². The highest BCUT2D eigenvalue weighted by molar-refractivity contribution is 9.10. The van der Waals surface area contributed by atoms with Crippen LogP contribution in [0.4, 0.5) is 4.39 Å². The first kappa shape index (κ1) is 14.8. The third-order valence-electron chi connectivity index (χ3n) is 3.11. The molecular formula is C15H14BrFN4O. The lowest BCUT2D eigenvalue weighted by Gasteiger charge is -2.02. The monoisotopic (exact) mass is 364 g/mol. The zero-order chi connectivity index (χ0) is 15.5. The Hall–Kier alpha value is -2.15. The van der Waals surface area contributed by atoms with Crippen molar-refractivity contribution < 1.29 is 9.13 Å². The molecule has 2 aromatic heterocycles. The van der Waals surface area contributed by atoms with Crippen LogP contribution in [0.3, 0.4) is 0 Å². The molecule has 1 aromatic carbocycles. The number of nitrogens with zero attached hydrogens (tertiary/aromatic N) is 4. The molecular weight excluding hydrogens is 351 g/mol. The van der Waals surface area contributed by atoms with Gasteiger partial charge in [0.25, 0.3) is 0 Å². The molecule has 0 radical (unpaired) electrons. The quantitative estimate of drug-likeness (QED) is 0.698. The standard InChI is InChI=1S/C15H14BrFN4O/c1-20-8-12(15(16)19-20)10-22-14-6-18-21(9-14)7-11-2-4-13(17)5-3-11/h2-6,8-9H,7,10H2,1H3. The van der Waals surface area contributed by atoms with Gasteiger partial charge in [0, 0.05) is 18.8 Å². The average Bonchev–Trinajstić information content (AvgIpc) is 3.05. The summed E-state index contributed by atoms with van der Waals surface area (Å²) in [6.07, 6.45) is 5.37. The maximum atomic E-state index is 12.9. The van der Waals surface area contributed by atoms with Crippen LogP contribution in [0, 0.1) is 5.82 Å². The topological polar surface area (TPSA) is 44.9 Å². The van der Waals surface area contributed by atoms with Crippen molar-refractivity contribution in [3.63, 3.8) is 0 Å². The van der Waals surface area contributed by atoms with Crippen molar-refractivity contribution in [2.24, 2.45) is 7.05 Å². The lowest BCUT2D eigenvalue weighted by Crippen LogP contribution is -1.99. The lowest BCUT2D eigenvalue weighted by atomic mass is 10.2. The van der Waals surface area contributed by atoms with Crippen molar-refractivity contribution in [3.8, 4) is 5.75 Å². The molecule has 0 aliphatic rings. The maximum absolute atomic E-state index is 12.9. The van der Waals surface area contributed by atoms with E-state index in [-0.39, 0.29) is 5.82 Å². The van der Waals surface area contributed by atoms with Crippen LogP contribution in [0.25, 0.3) is 0 Å². The zero-order valence-corrected chi connectivity index (χ0v) is 13.5. The number of benzene rings is 1. The van der Waals surface area contributed by atoms with Crippen LogP contribution < -0.4 is 4.74 Å². The minimum Gasteiger partial charge on any atom is -0.485 e. The molecule has 3 rings (SSSR count). The van der Waals surface area contributed by atoms with Gasteiger partial charge in [-0.25, -0.2) is 4.39 Å². The first-order valence-corrected chi connectivity index (χ1v) is 7.47. The zero-order valence-electron chi connectivity index (χ0n) is 11.9. The van der Waals surface area contributed by atoms with E-state index in [1.165, 1.54) is 12.1 Å². The molecule has 0 amide bonds. The van der Waals surface area contributed by atoms with Crippen LogP contribution in [0.15, 0.2) is 47.5 Å². The normalized spacial score (nSPS) is 10.9. The molecule has 0 saturated carbocycles. The van der Waals surface area contributed by atoms with Gasteiger partial charge in [0.1, 0.15) is 17.0 Å². The van der Waals surface area contributed by atoms with Crippen LogP contribution in [-0.2, 0) is 20.2 Å². The van der Waals surface area contributed by atoms with E-state index in [9.17, 15) is 4.39 Å². The number of aryl methyl sites for hydroxylation is 1. The van der Waals surface area contributed by atoms with Gasteiger partial charge < -0.3 is 4.74 Å². The van der Waals surface area contributed by atoms with Crippen molar-refractivity contribution in [1.29, 1.82) is 0 Å². The second kappa shape index (κ2) is 6.31. The summed E-state index contributed by atoms with van der Waals surface area (Å²) in [7, 11) is 1.86. The van der Waals surface area contributed by atoms with E-state index in [1.807, 2.05) is 19.4 Å². The second-order valence-corrected chi connectivity index (χ2v) is 5.66. The van der Waals surface area contributed by atoms with Crippen LogP contribution in [0.5, 0.6) is 5.75 Å². The molecule has 7 heteroatoms. The van der Waals surface area contributed by atoms with Crippen molar-refractivity contribution in [1.82, 2.24) is 19.6 Å². The van der Waals surface area contributed by atoms with E-state index < -0.39 is 0 Å². The Morgan fingerprint density at radius 3 is 2.68 bits per heavy atom. The van der Waals surface area contributed by atoms with Gasteiger partial charge in [0.05, 0.1) is 18.9 Å². The Bertz CT molecular complexity index is 766. The summed E-state index contributed by atoms with van der Waals surface area (Å²) < 4.78 is 22.8. The van der Waals surface area contributed by atoms with Gasteiger partial charge >= 0.3 is 0 Å². The first-order chi connectivity index (χ1) is 10.6. The van der Waals surface area contributed by atoms with E-state index >= 15 is 0 Å². The summed E-state index contributed by atoms with van der Waals surface area (Å²) in [6.45, 7) is 0.983. The van der Waals surface area contributed by atoms with Gasteiger partial charge in [-0.2, -0.15) is 10.2 Å². The Kier molecular flexibility index (Phi) is 4.24. The highest BCUT2D eigenvalue weighted by atomic mass is 79.9. The van der Waals surface area contributed by atoms with E-state index in [1.54, 1.807) is 27.7 Å². The van der Waals surface area contributed by atoms with Crippen LogP contribution in [0.1, 0.15) is 11.1 Å². The predicted octanol–water partition coefficient (Wildman–Crippen LogP) is 3.15. The third kappa shape index (κ3) is 3.54. The lowest BCUT2D eigenvalue weighted by molar-refractivity contribution is 0.305. The summed E-state index contributed by atoms with van der Waals surface area (Å²) in [5, 5.41) is 8.43. The summed E-state index contributed by atoms with van der Waals surface area (Å²) in [4.78, 5) is 0. The Morgan fingerprint density at radius 1 is 1.23 bits per heavy atom. The van der Waals surface area contributed by atoms with E-state index in [0.29, 0.717) is 18.9 Å². The summed E-state index contributed by atoms with van der Waals surface area (Å²) >= 11 is 3.38. The van der Waals surface area contributed by atoms with Gasteiger partial charge in [0.2, 0.25) is 0 Å². The van der Waals surface area contributed by atoms with Gasteiger partial charge in [-0.1, -0.05) is 12.1 Å². The Labute approximate surface area is 135 Å². The second-order valence-electron chi connectivity index (χ2n) is 4.91. The predicted molar refractivity (Wildman–Crippen MR) is 83.0 cm³/mol. The fourth-order valence-electron chi connectivity index (χ4n) is 2.05. The highest BCUT2D eigenvalue weighted by Gasteiger charge is 2.07. The fourth-order valence-corrected chi connectivity index (χ4v) is 2.52. The van der Waals surface area contributed by atoms with Crippen LogP contribution in [0.2, 0.25) is 0 Å². The number of halogens is 2. The third-order valence-corrected chi connectivity index (χ3v) is 3.78. The molecule has 0 atom stereocenters. The molecule has 0 bridgehead atoms. The van der Waals surface area contributed by atoms with Crippen molar-refractivity contribution in [2.45, 2.75) is 13.2 Å². The van der Waals surface area contributed by atoms with Gasteiger partial charge in [-0.3, -0.25) is 9.36 Å². The van der Waals surface area contributed by atoms with Gasteiger partial charge in [-0.05, 0) is 33.6 Å². The summed E-state index contributed by atoms with van der Waals surface area (Å²) in [6, 6.07) is 6.36. The maximum Gasteiger partial charge on any atom is 0.157 e. The van der Waals surface area contributed by atoms with Crippen molar-refractivity contribution >= 4 is 15.9 Å². The average molecular weight is 365 g/mol. The number of aromatic nitrogens is 4. The molecule has 0 saturated heterocycles. The molecule has 0 aliphatic heterocycles. The van der Waals surface area contributed by atoms with Crippen LogP contribution in [-0.4, -0.2) is 19.6 Å². The largest absolute Gasteiger partial charge is 0.485 e. The van der Waals surface area contributed by atoms with E-state index in [2.05, 4.69) is 26.1 Å². The SMILES string of the molecule is Cn1cc(COc2cnn(Cc3ccc(F)cc3)c2)c(Br)n1. The molecule has 0 spiro atoms. The summed E-state index contributed by atoms with van der Waals surface area (Å²) in [5.41, 5.74) is 1.94. The fraction of sp³-hybridized carbons (Fsp3) is 0.200. The molecule has 114 valence electrons. The Morgan fingerprint density at radius 2 is 2.00 bits per heavy atom. The van der Waals surface area contributed by atoms with Crippen molar-refractivity contribution in [3.05, 3.63) is 64.4 Å². The van der Waals surface area contributed by atoms with Crippen molar-refractivity contribution in [2.75, 3.05) is 0 Å². The number of ether oxygens (including phenoxy) is 1. The smallest absolute Gasteiger partial charge is 0.157 e. The molecule has 2 heterocycles. The number of hydrogen-bond acceptors (Lipinski definition) is 3. The van der Waals surface area contributed by atoms with Gasteiger partial charge in [-0.15, -0.1) is 0 Å². The molecule has 0 unspecified atom stereocenters. The van der Waals surface area contributed by atoms with E-state index in [0.717, 1.165) is 15.7 Å². The Balaban J connectivity index is 1.61. The number of hydrogen-bond donors (Lipinski definition) is 0. The molecule has 3 aromatic rings. The molecule has 22 heavy (non-hydrogen) atoms. The highest BCUT2D eigenvalue weighted by Crippen LogP contribution is 2.17. The molecule has 5 nitrogen and oxygen atoms in total. The number of rotatable bonds is 5. The summed E-state index contributed by atoms with van der Waals surface area (Å²) in [5.74, 6) is 0.438. The van der Waals surface area contributed by atoms with E-state index in [4.69, 9.17) is 4.74 Å². The first-order valence-electron chi connectivity index (χ1n) is 6.68.